The SMILES string of the molecule is COc1ccccc1Cn1cnc(CNC(C)C)n1. The molecule has 19 heavy (non-hydrogen) atoms. The Labute approximate surface area is 113 Å². The molecule has 1 aromatic carbocycles. The summed E-state index contributed by atoms with van der Waals surface area (Å²) in [6.07, 6.45) is 1.75. The second-order valence-corrected chi connectivity index (χ2v) is 4.71. The molecule has 1 aromatic heterocycles. The van der Waals surface area contributed by atoms with E-state index in [9.17, 15) is 0 Å². The van der Waals surface area contributed by atoms with Crippen molar-refractivity contribution in [3.05, 3.63) is 42.0 Å². The minimum atomic E-state index is 0.432. The van der Waals surface area contributed by atoms with Gasteiger partial charge in [0.2, 0.25) is 0 Å². The summed E-state index contributed by atoms with van der Waals surface area (Å²) in [5.74, 6) is 1.68. The first-order valence-electron chi connectivity index (χ1n) is 6.42. The highest BCUT2D eigenvalue weighted by Crippen LogP contribution is 2.17. The average Bonchev–Trinajstić information content (AvgIpc) is 2.85. The standard InChI is InChI=1S/C14H20N4O/c1-11(2)15-8-14-16-10-18(17-14)9-12-6-4-5-7-13(12)19-3/h4-7,10-11,15H,8-9H2,1-3H3. The number of hydrogen-bond donors (Lipinski definition) is 1. The van der Waals surface area contributed by atoms with Gasteiger partial charge in [0.25, 0.3) is 0 Å². The first-order chi connectivity index (χ1) is 9.19. The third-order valence-corrected chi connectivity index (χ3v) is 2.78. The van der Waals surface area contributed by atoms with E-state index in [1.54, 1.807) is 13.4 Å². The van der Waals surface area contributed by atoms with Gasteiger partial charge in [-0.1, -0.05) is 32.0 Å². The van der Waals surface area contributed by atoms with Crippen molar-refractivity contribution in [1.29, 1.82) is 0 Å². The molecule has 2 rings (SSSR count). The molecule has 0 radical (unpaired) electrons. The van der Waals surface area contributed by atoms with Gasteiger partial charge in [0.1, 0.15) is 12.1 Å². The lowest BCUT2D eigenvalue weighted by Crippen LogP contribution is -2.22. The Balaban J connectivity index is 2.03. The minimum absolute atomic E-state index is 0.432. The number of benzene rings is 1. The maximum atomic E-state index is 5.33. The second kappa shape index (κ2) is 6.33. The van der Waals surface area contributed by atoms with Crippen molar-refractivity contribution in [3.8, 4) is 5.75 Å². The van der Waals surface area contributed by atoms with Crippen molar-refractivity contribution < 1.29 is 4.74 Å². The summed E-state index contributed by atoms with van der Waals surface area (Å²) < 4.78 is 7.16. The van der Waals surface area contributed by atoms with E-state index >= 15 is 0 Å². The number of nitrogens with one attached hydrogen (secondary N) is 1. The lowest BCUT2D eigenvalue weighted by atomic mass is 10.2. The van der Waals surface area contributed by atoms with Gasteiger partial charge in [-0.05, 0) is 6.07 Å². The van der Waals surface area contributed by atoms with Crippen LogP contribution in [0.2, 0.25) is 0 Å². The fourth-order valence-electron chi connectivity index (χ4n) is 1.79. The molecule has 0 unspecified atom stereocenters. The van der Waals surface area contributed by atoms with Gasteiger partial charge in [0, 0.05) is 11.6 Å². The van der Waals surface area contributed by atoms with E-state index in [4.69, 9.17) is 4.74 Å². The number of methoxy groups -OCH3 is 1. The van der Waals surface area contributed by atoms with Crippen LogP contribution in [0.1, 0.15) is 25.2 Å². The Morgan fingerprint density at radius 1 is 1.32 bits per heavy atom. The highest BCUT2D eigenvalue weighted by atomic mass is 16.5. The zero-order chi connectivity index (χ0) is 13.7. The van der Waals surface area contributed by atoms with E-state index in [0.717, 1.165) is 17.1 Å². The van der Waals surface area contributed by atoms with Crippen LogP contribution < -0.4 is 10.1 Å². The quantitative estimate of drug-likeness (QED) is 0.861. The van der Waals surface area contributed by atoms with Gasteiger partial charge in [-0.25, -0.2) is 9.67 Å². The summed E-state index contributed by atoms with van der Waals surface area (Å²) >= 11 is 0. The highest BCUT2D eigenvalue weighted by molar-refractivity contribution is 5.33. The van der Waals surface area contributed by atoms with Crippen LogP contribution in [-0.2, 0) is 13.1 Å². The van der Waals surface area contributed by atoms with Gasteiger partial charge in [-0.3, -0.25) is 0 Å². The van der Waals surface area contributed by atoms with Crippen LogP contribution in [0.25, 0.3) is 0 Å². The van der Waals surface area contributed by atoms with Crippen molar-refractivity contribution in [3.63, 3.8) is 0 Å². The van der Waals surface area contributed by atoms with Gasteiger partial charge in [-0.2, -0.15) is 5.10 Å². The third-order valence-electron chi connectivity index (χ3n) is 2.78. The first kappa shape index (κ1) is 13.5. The van der Waals surface area contributed by atoms with Crippen LogP contribution in [0.5, 0.6) is 5.75 Å². The molecule has 0 aliphatic heterocycles. The largest absolute Gasteiger partial charge is 0.496 e. The Morgan fingerprint density at radius 3 is 2.84 bits per heavy atom. The van der Waals surface area contributed by atoms with Gasteiger partial charge in [0.15, 0.2) is 5.82 Å². The summed E-state index contributed by atoms with van der Waals surface area (Å²) in [6, 6.07) is 8.37. The van der Waals surface area contributed by atoms with Crippen molar-refractivity contribution >= 4 is 0 Å². The van der Waals surface area contributed by atoms with E-state index in [2.05, 4.69) is 29.2 Å². The molecule has 0 fully saturated rings. The molecule has 0 amide bonds. The van der Waals surface area contributed by atoms with Gasteiger partial charge in [-0.15, -0.1) is 0 Å². The lowest BCUT2D eigenvalue weighted by Gasteiger charge is -2.07. The predicted molar refractivity (Wildman–Crippen MR) is 74.1 cm³/mol. The number of nitrogens with zero attached hydrogens (tertiary/aromatic N) is 3. The number of aromatic nitrogens is 3. The zero-order valence-electron chi connectivity index (χ0n) is 11.6. The molecule has 2 aromatic rings. The number of ether oxygens (including phenoxy) is 1. The van der Waals surface area contributed by atoms with Crippen LogP contribution in [0.3, 0.4) is 0 Å². The van der Waals surface area contributed by atoms with Crippen molar-refractivity contribution in [2.75, 3.05) is 7.11 Å². The Kier molecular flexibility index (Phi) is 4.52. The van der Waals surface area contributed by atoms with E-state index in [1.165, 1.54) is 0 Å². The lowest BCUT2D eigenvalue weighted by molar-refractivity contribution is 0.407. The van der Waals surface area contributed by atoms with E-state index in [-0.39, 0.29) is 0 Å². The first-order valence-corrected chi connectivity index (χ1v) is 6.42. The maximum Gasteiger partial charge on any atom is 0.164 e. The van der Waals surface area contributed by atoms with Crippen LogP contribution in [0, 0.1) is 0 Å². The Hall–Kier alpha value is -1.88. The molecule has 5 nitrogen and oxygen atoms in total. The molecule has 0 atom stereocenters. The highest BCUT2D eigenvalue weighted by Gasteiger charge is 2.05. The minimum Gasteiger partial charge on any atom is -0.496 e. The van der Waals surface area contributed by atoms with Crippen LogP contribution in [0.15, 0.2) is 30.6 Å². The summed E-state index contributed by atoms with van der Waals surface area (Å²) in [5, 5.41) is 7.74. The van der Waals surface area contributed by atoms with Crippen molar-refractivity contribution in [1.82, 2.24) is 20.1 Å². The molecule has 5 heteroatoms. The molecule has 1 heterocycles. The van der Waals surface area contributed by atoms with Crippen LogP contribution >= 0.6 is 0 Å². The molecule has 0 spiro atoms. The van der Waals surface area contributed by atoms with Crippen molar-refractivity contribution in [2.24, 2.45) is 0 Å². The number of para-hydroxylation sites is 1. The molecule has 0 bridgehead atoms. The maximum absolute atomic E-state index is 5.33. The summed E-state index contributed by atoms with van der Waals surface area (Å²) in [4.78, 5) is 4.29. The number of hydrogen-bond acceptors (Lipinski definition) is 4. The summed E-state index contributed by atoms with van der Waals surface area (Å²) in [5.41, 5.74) is 1.10. The number of rotatable bonds is 6. The molecule has 102 valence electrons. The monoisotopic (exact) mass is 260 g/mol. The molecule has 0 saturated carbocycles. The van der Waals surface area contributed by atoms with E-state index < -0.39 is 0 Å². The fraction of sp³-hybridized carbons (Fsp3) is 0.429. The second-order valence-electron chi connectivity index (χ2n) is 4.71. The fourth-order valence-corrected chi connectivity index (χ4v) is 1.79. The van der Waals surface area contributed by atoms with Crippen LogP contribution in [-0.4, -0.2) is 27.9 Å². The Bertz CT molecular complexity index is 522. The average molecular weight is 260 g/mol. The molecular weight excluding hydrogens is 240 g/mol. The van der Waals surface area contributed by atoms with Crippen molar-refractivity contribution in [2.45, 2.75) is 33.0 Å². The van der Waals surface area contributed by atoms with Gasteiger partial charge < -0.3 is 10.1 Å². The molecule has 1 N–H and O–H groups in total. The Morgan fingerprint density at radius 2 is 2.11 bits per heavy atom. The molecule has 0 saturated heterocycles. The van der Waals surface area contributed by atoms with Gasteiger partial charge in [0.05, 0.1) is 20.2 Å². The third kappa shape index (κ3) is 3.79. The summed E-state index contributed by atoms with van der Waals surface area (Å²) in [6.45, 7) is 5.56. The predicted octanol–water partition coefficient (Wildman–Crippen LogP) is 1.83. The molecule has 0 aliphatic rings. The van der Waals surface area contributed by atoms with E-state index in [0.29, 0.717) is 19.1 Å². The molecule has 0 aliphatic carbocycles. The van der Waals surface area contributed by atoms with E-state index in [1.807, 2.05) is 28.9 Å². The van der Waals surface area contributed by atoms with Crippen LogP contribution in [0.4, 0.5) is 0 Å². The topological polar surface area (TPSA) is 52.0 Å². The van der Waals surface area contributed by atoms with Gasteiger partial charge >= 0.3 is 0 Å². The normalized spacial score (nSPS) is 10.9. The smallest absolute Gasteiger partial charge is 0.164 e. The molecular formula is C14H20N4O. The summed E-state index contributed by atoms with van der Waals surface area (Å²) in [7, 11) is 1.68. The zero-order valence-corrected chi connectivity index (χ0v) is 11.6.